The molecule has 3 atom stereocenters. The zero-order valence-electron chi connectivity index (χ0n) is 20.7. The monoisotopic (exact) mass is 588 g/mol. The van der Waals surface area contributed by atoms with E-state index in [0.29, 0.717) is 28.7 Å². The largest absolute Gasteiger partial charge is 0.476 e. The van der Waals surface area contributed by atoms with Crippen LogP contribution in [0.4, 0.5) is 15.2 Å². The van der Waals surface area contributed by atoms with Crippen LogP contribution >= 0.6 is 34.5 Å². The number of fused-ring (bicyclic) bond motifs is 2. The van der Waals surface area contributed by atoms with Crippen LogP contribution in [-0.4, -0.2) is 52.9 Å². The molecule has 3 aliphatic rings. The number of thiazole rings is 1. The molecule has 2 fully saturated rings. The summed E-state index contributed by atoms with van der Waals surface area (Å²) in [6, 6.07) is 9.72. The number of rotatable bonds is 6. The molecule has 202 valence electrons. The van der Waals surface area contributed by atoms with Crippen molar-refractivity contribution in [1.82, 2.24) is 9.88 Å². The average molecular weight is 589 g/mol. The molecule has 2 amide bonds. The molecule has 1 saturated carbocycles. The maximum atomic E-state index is 15.8. The Morgan fingerprint density at radius 2 is 2.05 bits per heavy atom. The van der Waals surface area contributed by atoms with Gasteiger partial charge in [0, 0.05) is 47.7 Å². The van der Waals surface area contributed by atoms with Crippen molar-refractivity contribution < 1.29 is 23.9 Å². The fraction of sp³-hybridized carbons (Fsp3) is 0.333. The highest BCUT2D eigenvalue weighted by Gasteiger charge is 2.65. The lowest BCUT2D eigenvalue weighted by molar-refractivity contribution is -0.127. The van der Waals surface area contributed by atoms with Crippen LogP contribution in [0.2, 0.25) is 10.0 Å². The Morgan fingerprint density at radius 1 is 1.28 bits per heavy atom. The lowest BCUT2D eigenvalue weighted by atomic mass is 9.71. The summed E-state index contributed by atoms with van der Waals surface area (Å²) < 4.78 is 15.8. The minimum atomic E-state index is -1.38. The molecule has 2 N–H and O–H groups in total. The van der Waals surface area contributed by atoms with E-state index < -0.39 is 35.1 Å². The Hall–Kier alpha value is -3.05. The van der Waals surface area contributed by atoms with E-state index >= 15 is 4.39 Å². The number of hydrogen-bond acceptors (Lipinski definition) is 6. The number of likely N-dealkylation sites (tertiary alicyclic amines) is 1. The molecule has 39 heavy (non-hydrogen) atoms. The Labute approximate surface area is 237 Å². The van der Waals surface area contributed by atoms with Gasteiger partial charge >= 0.3 is 5.97 Å². The number of hydrogen-bond donors (Lipinski definition) is 2. The Balaban J connectivity index is 1.53. The molecule has 0 bridgehead atoms. The lowest BCUT2D eigenvalue weighted by Gasteiger charge is -2.38. The molecular formula is C27H23Cl2FN4O4S. The number of benzene rings is 2. The second kappa shape index (κ2) is 9.55. The van der Waals surface area contributed by atoms with Crippen molar-refractivity contribution in [2.24, 2.45) is 11.8 Å². The summed E-state index contributed by atoms with van der Waals surface area (Å²) in [5.74, 6) is -4.10. The van der Waals surface area contributed by atoms with Crippen LogP contribution in [0.1, 0.15) is 40.4 Å². The van der Waals surface area contributed by atoms with Gasteiger partial charge in [0.05, 0.1) is 10.9 Å². The number of carboxylic acid groups (broad SMARTS) is 1. The molecule has 2 aromatic carbocycles. The number of carbonyl (C=O) groups is 3. The summed E-state index contributed by atoms with van der Waals surface area (Å²) in [7, 11) is 1.51. The van der Waals surface area contributed by atoms with E-state index in [1.165, 1.54) is 23.4 Å². The Bertz CT molecular complexity index is 1530. The van der Waals surface area contributed by atoms with Crippen LogP contribution in [0.5, 0.6) is 0 Å². The zero-order chi connectivity index (χ0) is 27.6. The second-order valence-electron chi connectivity index (χ2n) is 10.2. The maximum absolute atomic E-state index is 15.8. The molecule has 12 heteroatoms. The smallest absolute Gasteiger partial charge is 0.355 e. The molecule has 0 unspecified atom stereocenters. The van der Waals surface area contributed by atoms with E-state index in [1.54, 1.807) is 30.3 Å². The first kappa shape index (κ1) is 26.2. The number of aromatic carboxylic acids is 1. The van der Waals surface area contributed by atoms with E-state index in [9.17, 15) is 19.5 Å². The second-order valence-corrected chi connectivity index (χ2v) is 11.9. The topological polar surface area (TPSA) is 103 Å². The first-order valence-corrected chi connectivity index (χ1v) is 14.0. The first-order valence-electron chi connectivity index (χ1n) is 12.4. The van der Waals surface area contributed by atoms with Crippen LogP contribution in [0.15, 0.2) is 41.8 Å². The zero-order valence-corrected chi connectivity index (χ0v) is 23.0. The Morgan fingerprint density at radius 3 is 2.74 bits per heavy atom. The third-order valence-corrected chi connectivity index (χ3v) is 9.34. The standard InChI is InChI=1S/C27H23Cl2FN4O4S/c1-33(26-32-20(12-39-26)24(36)37)23(35)16-11-34(10-13-5-6-13)27(21(16)15-3-2-4-18(29)22(15)30)17-8-7-14(28)9-19(17)31-25(27)38/h2-4,7-9,12-13,16,21H,5-6,10-11H2,1H3,(H,31,38)(H,36,37)/t16-,21+,27-/m1/s1. The summed E-state index contributed by atoms with van der Waals surface area (Å²) in [5.41, 5.74) is -0.248. The van der Waals surface area contributed by atoms with Gasteiger partial charge in [-0.05, 0) is 42.5 Å². The highest BCUT2D eigenvalue weighted by Crippen LogP contribution is 2.59. The van der Waals surface area contributed by atoms with E-state index in [2.05, 4.69) is 10.3 Å². The van der Waals surface area contributed by atoms with E-state index in [1.807, 2.05) is 4.90 Å². The molecule has 1 spiro atoms. The molecule has 3 heterocycles. The predicted molar refractivity (Wildman–Crippen MR) is 146 cm³/mol. The van der Waals surface area contributed by atoms with Gasteiger partial charge in [-0.15, -0.1) is 11.3 Å². The first-order chi connectivity index (χ1) is 18.6. The van der Waals surface area contributed by atoms with Crippen molar-refractivity contribution in [3.05, 3.63) is 74.5 Å². The minimum absolute atomic E-state index is 0.108. The normalized spacial score (nSPS) is 24.2. The van der Waals surface area contributed by atoms with Crippen molar-refractivity contribution >= 4 is 63.1 Å². The van der Waals surface area contributed by atoms with Gasteiger partial charge in [0.2, 0.25) is 11.8 Å². The molecule has 3 aromatic rings. The van der Waals surface area contributed by atoms with Crippen LogP contribution in [-0.2, 0) is 15.1 Å². The number of nitrogens with one attached hydrogen (secondary N) is 1. The number of anilines is 2. The summed E-state index contributed by atoms with van der Waals surface area (Å²) in [4.78, 5) is 47.0. The number of aromatic nitrogens is 1. The quantitative estimate of drug-likeness (QED) is 0.409. The van der Waals surface area contributed by atoms with E-state index in [-0.39, 0.29) is 33.9 Å². The van der Waals surface area contributed by atoms with Gasteiger partial charge in [-0.2, -0.15) is 0 Å². The fourth-order valence-electron chi connectivity index (χ4n) is 6.00. The van der Waals surface area contributed by atoms with Gasteiger partial charge < -0.3 is 10.4 Å². The minimum Gasteiger partial charge on any atom is -0.476 e. The Kier molecular flexibility index (Phi) is 6.41. The van der Waals surface area contributed by atoms with Crippen LogP contribution in [0.3, 0.4) is 0 Å². The summed E-state index contributed by atoms with van der Waals surface area (Å²) in [5, 5.41) is 14.1. The molecule has 1 aromatic heterocycles. The van der Waals surface area contributed by atoms with Crippen molar-refractivity contribution in [2.75, 3.05) is 30.4 Å². The van der Waals surface area contributed by atoms with Crippen molar-refractivity contribution in [3.63, 3.8) is 0 Å². The van der Waals surface area contributed by atoms with Crippen LogP contribution < -0.4 is 10.2 Å². The number of amides is 2. The van der Waals surface area contributed by atoms with Gasteiger partial charge in [0.1, 0.15) is 11.4 Å². The predicted octanol–water partition coefficient (Wildman–Crippen LogP) is 5.22. The maximum Gasteiger partial charge on any atom is 0.355 e. The van der Waals surface area contributed by atoms with Gasteiger partial charge in [-0.1, -0.05) is 41.4 Å². The average Bonchev–Trinajstić information content (AvgIpc) is 3.34. The van der Waals surface area contributed by atoms with Gasteiger partial charge in [0.25, 0.3) is 0 Å². The number of carbonyl (C=O) groups excluding carboxylic acids is 2. The van der Waals surface area contributed by atoms with Crippen LogP contribution in [0.25, 0.3) is 0 Å². The molecule has 2 aliphatic heterocycles. The molecular weight excluding hydrogens is 566 g/mol. The van der Waals surface area contributed by atoms with Crippen molar-refractivity contribution in [3.8, 4) is 0 Å². The molecule has 6 rings (SSSR count). The van der Waals surface area contributed by atoms with E-state index in [4.69, 9.17) is 23.2 Å². The van der Waals surface area contributed by atoms with Gasteiger partial charge in [0.15, 0.2) is 10.8 Å². The molecule has 1 saturated heterocycles. The number of halogens is 3. The van der Waals surface area contributed by atoms with Gasteiger partial charge in [-0.25, -0.2) is 14.2 Å². The SMILES string of the molecule is CN(C(=O)[C@@H]1CN(CC2CC2)[C@@]2(C(=O)Nc3cc(Cl)ccc32)[C@H]1c1cccc(Cl)c1F)c1nc(C(=O)O)cs1. The molecule has 1 aliphatic carbocycles. The number of nitrogens with zero attached hydrogens (tertiary/aromatic N) is 3. The fourth-order valence-corrected chi connectivity index (χ4v) is 7.13. The van der Waals surface area contributed by atoms with Crippen LogP contribution in [0, 0.1) is 17.7 Å². The van der Waals surface area contributed by atoms with Crippen molar-refractivity contribution in [2.45, 2.75) is 24.3 Å². The summed E-state index contributed by atoms with van der Waals surface area (Å²) >= 11 is 13.5. The highest BCUT2D eigenvalue weighted by atomic mass is 35.5. The third-order valence-electron chi connectivity index (χ3n) is 7.89. The highest BCUT2D eigenvalue weighted by molar-refractivity contribution is 7.14. The summed E-state index contributed by atoms with van der Waals surface area (Å²) in [6.07, 6.45) is 2.01. The third kappa shape index (κ3) is 4.12. The summed E-state index contributed by atoms with van der Waals surface area (Å²) in [6.45, 7) is 0.741. The lowest BCUT2D eigenvalue weighted by Crippen LogP contribution is -2.51. The number of carboxylic acids is 1. The molecule has 0 radical (unpaired) electrons. The van der Waals surface area contributed by atoms with Gasteiger partial charge in [-0.3, -0.25) is 19.4 Å². The van der Waals surface area contributed by atoms with E-state index in [0.717, 1.165) is 24.2 Å². The van der Waals surface area contributed by atoms with Crippen molar-refractivity contribution in [1.29, 1.82) is 0 Å². The molecule has 8 nitrogen and oxygen atoms in total.